The quantitative estimate of drug-likeness (QED) is 0.714. The Kier molecular flexibility index (Phi) is 3.26. The first-order valence-corrected chi connectivity index (χ1v) is 4.70. The molecule has 1 rings (SSSR count). The molecule has 7 nitrogen and oxygen atoms in total. The van der Waals surface area contributed by atoms with Gasteiger partial charge in [0.25, 0.3) is 5.91 Å². The number of hydrogen-bond donors (Lipinski definition) is 1. The molecule has 0 aliphatic carbocycles. The van der Waals surface area contributed by atoms with E-state index in [0.717, 1.165) is 0 Å². The van der Waals surface area contributed by atoms with E-state index in [2.05, 4.69) is 10.3 Å². The Morgan fingerprint density at radius 2 is 2.12 bits per heavy atom. The molecule has 0 aromatic carbocycles. The van der Waals surface area contributed by atoms with Crippen molar-refractivity contribution >= 4 is 11.9 Å². The highest BCUT2D eigenvalue weighted by atomic mass is 16.6. The lowest BCUT2D eigenvalue weighted by atomic mass is 10.2. The van der Waals surface area contributed by atoms with Gasteiger partial charge in [0.1, 0.15) is 12.1 Å². The zero-order chi connectivity index (χ0) is 12.3. The molecule has 16 heavy (non-hydrogen) atoms. The molecule has 0 bridgehead atoms. The molecule has 0 spiro atoms. The second-order valence-electron chi connectivity index (χ2n) is 4.25. The lowest BCUT2D eigenvalue weighted by molar-refractivity contribution is -0.155. The lowest BCUT2D eigenvalue weighted by Gasteiger charge is -2.19. The SMILES string of the molecule is CC(C)(C)OC(=O)Cn1cc(C(N)=O)nn1. The molecule has 0 saturated heterocycles. The Labute approximate surface area is 92.6 Å². The lowest BCUT2D eigenvalue weighted by Crippen LogP contribution is -2.26. The van der Waals surface area contributed by atoms with Crippen molar-refractivity contribution in [3.05, 3.63) is 11.9 Å². The zero-order valence-electron chi connectivity index (χ0n) is 9.43. The van der Waals surface area contributed by atoms with Crippen molar-refractivity contribution in [1.82, 2.24) is 15.0 Å². The number of hydrogen-bond acceptors (Lipinski definition) is 5. The smallest absolute Gasteiger partial charge is 0.328 e. The molecule has 1 aromatic rings. The second kappa shape index (κ2) is 4.30. The average molecular weight is 226 g/mol. The van der Waals surface area contributed by atoms with Gasteiger partial charge in [-0.2, -0.15) is 0 Å². The molecule has 1 heterocycles. The van der Waals surface area contributed by atoms with Crippen molar-refractivity contribution in [3.8, 4) is 0 Å². The number of rotatable bonds is 3. The minimum atomic E-state index is -0.685. The van der Waals surface area contributed by atoms with Gasteiger partial charge in [-0.05, 0) is 20.8 Å². The van der Waals surface area contributed by atoms with Gasteiger partial charge in [-0.25, -0.2) is 4.68 Å². The van der Waals surface area contributed by atoms with Crippen LogP contribution in [-0.4, -0.2) is 32.5 Å². The molecule has 0 atom stereocenters. The molecule has 2 N–H and O–H groups in total. The van der Waals surface area contributed by atoms with E-state index in [0.29, 0.717) is 0 Å². The molecular formula is C9H14N4O3. The number of aromatic nitrogens is 3. The molecule has 0 saturated carbocycles. The summed E-state index contributed by atoms with van der Waals surface area (Å²) >= 11 is 0. The van der Waals surface area contributed by atoms with Gasteiger partial charge >= 0.3 is 5.97 Å². The van der Waals surface area contributed by atoms with Gasteiger partial charge in [0.15, 0.2) is 5.69 Å². The van der Waals surface area contributed by atoms with Crippen LogP contribution in [0.5, 0.6) is 0 Å². The number of carbonyl (C=O) groups is 2. The third-order valence-corrected chi connectivity index (χ3v) is 1.50. The van der Waals surface area contributed by atoms with Crippen molar-refractivity contribution in [2.45, 2.75) is 32.9 Å². The first kappa shape index (κ1) is 12.2. The largest absolute Gasteiger partial charge is 0.459 e. The van der Waals surface area contributed by atoms with E-state index in [1.165, 1.54) is 10.9 Å². The standard InChI is InChI=1S/C9H14N4O3/c1-9(2,3)16-7(14)5-13-4-6(8(10)15)11-12-13/h4H,5H2,1-3H3,(H2,10,15). The molecule has 1 aromatic heterocycles. The molecule has 0 fully saturated rings. The van der Waals surface area contributed by atoms with Crippen LogP contribution in [0.15, 0.2) is 6.20 Å². The van der Waals surface area contributed by atoms with Gasteiger partial charge in [-0.15, -0.1) is 5.10 Å². The fraction of sp³-hybridized carbons (Fsp3) is 0.556. The molecule has 7 heteroatoms. The third-order valence-electron chi connectivity index (χ3n) is 1.50. The third kappa shape index (κ3) is 3.68. The van der Waals surface area contributed by atoms with Crippen LogP contribution in [-0.2, 0) is 16.1 Å². The van der Waals surface area contributed by atoms with E-state index in [1.54, 1.807) is 20.8 Å². The van der Waals surface area contributed by atoms with E-state index in [1.807, 2.05) is 0 Å². The highest BCUT2D eigenvalue weighted by Crippen LogP contribution is 2.07. The van der Waals surface area contributed by atoms with E-state index < -0.39 is 17.5 Å². The number of nitrogens with zero attached hydrogens (tertiary/aromatic N) is 3. The normalized spacial score (nSPS) is 11.2. The Morgan fingerprint density at radius 1 is 1.50 bits per heavy atom. The Hall–Kier alpha value is -1.92. The van der Waals surface area contributed by atoms with Gasteiger partial charge in [-0.1, -0.05) is 5.21 Å². The second-order valence-corrected chi connectivity index (χ2v) is 4.25. The summed E-state index contributed by atoms with van der Waals surface area (Å²) in [6.45, 7) is 5.20. The van der Waals surface area contributed by atoms with Crippen molar-refractivity contribution in [1.29, 1.82) is 0 Å². The van der Waals surface area contributed by atoms with E-state index in [4.69, 9.17) is 10.5 Å². The maximum absolute atomic E-state index is 11.4. The number of ether oxygens (including phenoxy) is 1. The number of nitrogens with two attached hydrogens (primary N) is 1. The molecule has 0 aliphatic heterocycles. The first-order chi connectivity index (χ1) is 7.28. The summed E-state index contributed by atoms with van der Waals surface area (Å²) in [7, 11) is 0. The van der Waals surface area contributed by atoms with Crippen LogP contribution in [0.1, 0.15) is 31.3 Å². The van der Waals surface area contributed by atoms with Gasteiger partial charge in [0, 0.05) is 0 Å². The van der Waals surface area contributed by atoms with E-state index >= 15 is 0 Å². The summed E-state index contributed by atoms with van der Waals surface area (Å²) in [4.78, 5) is 22.1. The highest BCUT2D eigenvalue weighted by Gasteiger charge is 2.17. The topological polar surface area (TPSA) is 100 Å². The Balaban J connectivity index is 2.60. The van der Waals surface area contributed by atoms with Crippen LogP contribution in [0.2, 0.25) is 0 Å². The summed E-state index contributed by atoms with van der Waals surface area (Å²) < 4.78 is 6.27. The maximum atomic E-state index is 11.4. The number of primary amides is 1. The molecule has 0 unspecified atom stereocenters. The summed E-state index contributed by atoms with van der Waals surface area (Å²) in [5.74, 6) is -1.14. The molecule has 0 aliphatic rings. The van der Waals surface area contributed by atoms with Crippen LogP contribution >= 0.6 is 0 Å². The van der Waals surface area contributed by atoms with Crippen molar-refractivity contribution in [3.63, 3.8) is 0 Å². The fourth-order valence-electron chi connectivity index (χ4n) is 0.995. The fourth-order valence-corrected chi connectivity index (χ4v) is 0.995. The molecule has 88 valence electrons. The monoisotopic (exact) mass is 226 g/mol. The predicted molar refractivity (Wildman–Crippen MR) is 54.4 cm³/mol. The van der Waals surface area contributed by atoms with Crippen LogP contribution in [0.3, 0.4) is 0 Å². The number of amides is 1. The van der Waals surface area contributed by atoms with Crippen molar-refractivity contribution in [2.75, 3.05) is 0 Å². The highest BCUT2D eigenvalue weighted by molar-refractivity contribution is 5.90. The van der Waals surface area contributed by atoms with E-state index in [9.17, 15) is 9.59 Å². The first-order valence-electron chi connectivity index (χ1n) is 4.70. The average Bonchev–Trinajstić information content (AvgIpc) is 2.48. The van der Waals surface area contributed by atoms with Crippen molar-refractivity contribution in [2.24, 2.45) is 5.73 Å². The number of carbonyl (C=O) groups excluding carboxylic acids is 2. The zero-order valence-corrected chi connectivity index (χ0v) is 9.43. The minimum absolute atomic E-state index is 0.0172. The van der Waals surface area contributed by atoms with Crippen LogP contribution in [0.25, 0.3) is 0 Å². The maximum Gasteiger partial charge on any atom is 0.328 e. The van der Waals surface area contributed by atoms with Crippen LogP contribution in [0, 0.1) is 0 Å². The Bertz CT molecular complexity index is 405. The molecule has 0 radical (unpaired) electrons. The van der Waals surface area contributed by atoms with Gasteiger partial charge in [0.2, 0.25) is 0 Å². The van der Waals surface area contributed by atoms with Gasteiger partial charge in [-0.3, -0.25) is 9.59 Å². The van der Waals surface area contributed by atoms with E-state index in [-0.39, 0.29) is 12.2 Å². The summed E-state index contributed by atoms with van der Waals surface area (Å²) in [6, 6.07) is 0. The number of esters is 1. The summed E-state index contributed by atoms with van der Waals surface area (Å²) in [6.07, 6.45) is 1.30. The minimum Gasteiger partial charge on any atom is -0.459 e. The van der Waals surface area contributed by atoms with Crippen LogP contribution < -0.4 is 5.73 Å². The summed E-state index contributed by atoms with van der Waals surface area (Å²) in [5.41, 5.74) is 4.45. The van der Waals surface area contributed by atoms with Crippen LogP contribution in [0.4, 0.5) is 0 Å². The molecular weight excluding hydrogens is 212 g/mol. The van der Waals surface area contributed by atoms with Gasteiger partial charge in [0.05, 0.1) is 6.20 Å². The predicted octanol–water partition coefficient (Wildman–Crippen LogP) is -0.281. The van der Waals surface area contributed by atoms with Crippen molar-refractivity contribution < 1.29 is 14.3 Å². The van der Waals surface area contributed by atoms with Gasteiger partial charge < -0.3 is 10.5 Å². The molecule has 1 amide bonds. The summed E-state index contributed by atoms with van der Waals surface area (Å²) in [5, 5.41) is 7.07. The Morgan fingerprint density at radius 3 is 2.56 bits per heavy atom.